The molecular weight excluding hydrogens is 287 g/mol. The van der Waals surface area contributed by atoms with Gasteiger partial charge in [0.1, 0.15) is 5.82 Å². The van der Waals surface area contributed by atoms with Crippen molar-refractivity contribution in [3.63, 3.8) is 0 Å². The summed E-state index contributed by atoms with van der Waals surface area (Å²) < 4.78 is 38.5. The zero-order valence-electron chi connectivity index (χ0n) is 11.1. The van der Waals surface area contributed by atoms with Crippen LogP contribution in [0.1, 0.15) is 19.2 Å². The van der Waals surface area contributed by atoms with Gasteiger partial charge in [-0.25, -0.2) is 4.98 Å². The Bertz CT molecular complexity index is 592. The van der Waals surface area contributed by atoms with E-state index in [2.05, 4.69) is 4.98 Å². The van der Waals surface area contributed by atoms with Gasteiger partial charge in [-0.1, -0.05) is 6.92 Å². The third kappa shape index (κ3) is 3.59. The summed E-state index contributed by atoms with van der Waals surface area (Å²) in [6, 6.07) is 5.31. The zero-order valence-corrected chi connectivity index (χ0v) is 11.9. The minimum Gasteiger partial charge on any atom is -0.399 e. The molecular formula is C13H16F3N3S. The van der Waals surface area contributed by atoms with Gasteiger partial charge in [0.25, 0.3) is 0 Å². The summed E-state index contributed by atoms with van der Waals surface area (Å²) in [6.07, 6.45) is 1.64. The maximum absolute atomic E-state index is 12.2. The highest BCUT2D eigenvalue weighted by Gasteiger charge is 2.27. The first kappa shape index (κ1) is 15.0. The van der Waals surface area contributed by atoms with E-state index in [9.17, 15) is 13.2 Å². The predicted octanol–water partition coefficient (Wildman–Crippen LogP) is 3.82. The summed E-state index contributed by atoms with van der Waals surface area (Å²) in [5.74, 6) is 0.798. The third-order valence-electron chi connectivity index (χ3n) is 2.91. The van der Waals surface area contributed by atoms with Gasteiger partial charge in [0.2, 0.25) is 0 Å². The number of fused-ring (bicyclic) bond motifs is 1. The van der Waals surface area contributed by atoms with E-state index in [0.717, 1.165) is 29.7 Å². The number of hydrogen-bond acceptors (Lipinski definition) is 3. The SMILES string of the molecule is CCCc1nc2cc(N)ccc2n1CCSC(F)(F)F. The summed E-state index contributed by atoms with van der Waals surface area (Å²) in [5, 5.41) is 0. The van der Waals surface area contributed by atoms with E-state index in [1.54, 1.807) is 12.1 Å². The lowest BCUT2D eigenvalue weighted by Gasteiger charge is -2.10. The Balaban J connectivity index is 2.26. The van der Waals surface area contributed by atoms with E-state index in [-0.39, 0.29) is 17.5 Å². The number of aromatic nitrogens is 2. The van der Waals surface area contributed by atoms with Crippen LogP contribution in [0.4, 0.5) is 18.9 Å². The first-order valence-corrected chi connectivity index (χ1v) is 7.34. The number of halogens is 3. The molecule has 2 aromatic rings. The van der Waals surface area contributed by atoms with Crippen LogP contribution in [0.5, 0.6) is 0 Å². The van der Waals surface area contributed by atoms with E-state index in [1.165, 1.54) is 0 Å². The van der Waals surface area contributed by atoms with E-state index in [4.69, 9.17) is 5.73 Å². The maximum Gasteiger partial charge on any atom is 0.441 e. The molecule has 110 valence electrons. The molecule has 0 bridgehead atoms. The highest BCUT2D eigenvalue weighted by atomic mass is 32.2. The Morgan fingerprint density at radius 3 is 2.75 bits per heavy atom. The molecule has 1 heterocycles. The molecule has 20 heavy (non-hydrogen) atoms. The van der Waals surface area contributed by atoms with Crippen molar-refractivity contribution in [2.24, 2.45) is 0 Å². The van der Waals surface area contributed by atoms with Crippen molar-refractivity contribution < 1.29 is 13.2 Å². The van der Waals surface area contributed by atoms with Crippen LogP contribution in [0.2, 0.25) is 0 Å². The van der Waals surface area contributed by atoms with Gasteiger partial charge in [-0.3, -0.25) is 0 Å². The van der Waals surface area contributed by atoms with Crippen LogP contribution in [-0.4, -0.2) is 20.8 Å². The Labute approximate surface area is 119 Å². The van der Waals surface area contributed by atoms with Crippen LogP contribution in [-0.2, 0) is 13.0 Å². The summed E-state index contributed by atoms with van der Waals surface area (Å²) in [5.41, 5.74) is 3.71. The fourth-order valence-electron chi connectivity index (χ4n) is 2.11. The number of hydrogen-bond donors (Lipinski definition) is 1. The number of alkyl halides is 3. The second-order valence-corrected chi connectivity index (χ2v) is 5.63. The van der Waals surface area contributed by atoms with Gasteiger partial charge in [0.15, 0.2) is 0 Å². The number of rotatable bonds is 5. The molecule has 0 unspecified atom stereocenters. The number of thioether (sulfide) groups is 1. The lowest BCUT2D eigenvalue weighted by Crippen LogP contribution is -2.09. The molecule has 7 heteroatoms. The molecule has 0 amide bonds. The second kappa shape index (κ2) is 5.95. The van der Waals surface area contributed by atoms with E-state index in [1.807, 2.05) is 17.6 Å². The molecule has 0 aliphatic carbocycles. The molecule has 0 spiro atoms. The van der Waals surface area contributed by atoms with E-state index >= 15 is 0 Å². The van der Waals surface area contributed by atoms with Gasteiger partial charge in [0, 0.05) is 24.4 Å². The molecule has 2 rings (SSSR count). The van der Waals surface area contributed by atoms with E-state index in [0.29, 0.717) is 12.2 Å². The number of benzene rings is 1. The van der Waals surface area contributed by atoms with Gasteiger partial charge in [-0.15, -0.1) is 0 Å². The molecule has 0 saturated heterocycles. The van der Waals surface area contributed by atoms with Crippen LogP contribution >= 0.6 is 11.8 Å². The van der Waals surface area contributed by atoms with Crippen molar-refractivity contribution in [2.45, 2.75) is 31.8 Å². The van der Waals surface area contributed by atoms with Gasteiger partial charge in [-0.05, 0) is 36.4 Å². The van der Waals surface area contributed by atoms with Crippen LogP contribution in [0.25, 0.3) is 11.0 Å². The molecule has 0 fully saturated rings. The largest absolute Gasteiger partial charge is 0.441 e. The Kier molecular flexibility index (Phi) is 4.47. The molecule has 3 nitrogen and oxygen atoms in total. The normalized spacial score (nSPS) is 12.2. The van der Waals surface area contributed by atoms with Gasteiger partial charge in [0.05, 0.1) is 11.0 Å². The number of aryl methyl sites for hydroxylation is 2. The molecule has 0 radical (unpaired) electrons. The minimum atomic E-state index is -4.19. The highest BCUT2D eigenvalue weighted by molar-refractivity contribution is 8.00. The van der Waals surface area contributed by atoms with Crippen molar-refractivity contribution in [3.8, 4) is 0 Å². The molecule has 1 aromatic carbocycles. The molecule has 0 aliphatic heterocycles. The molecule has 0 aliphatic rings. The van der Waals surface area contributed by atoms with Crippen molar-refractivity contribution in [2.75, 3.05) is 11.5 Å². The van der Waals surface area contributed by atoms with Crippen LogP contribution in [0.3, 0.4) is 0 Å². The van der Waals surface area contributed by atoms with Crippen LogP contribution in [0.15, 0.2) is 18.2 Å². The quantitative estimate of drug-likeness (QED) is 0.854. The lowest BCUT2D eigenvalue weighted by atomic mass is 10.3. The molecule has 0 atom stereocenters. The Morgan fingerprint density at radius 1 is 1.35 bits per heavy atom. The minimum absolute atomic E-state index is 0.00300. The van der Waals surface area contributed by atoms with Crippen LogP contribution < -0.4 is 5.73 Å². The summed E-state index contributed by atoms with van der Waals surface area (Å²) >= 11 is -0.00300. The van der Waals surface area contributed by atoms with Crippen molar-refractivity contribution >= 4 is 28.5 Å². The smallest absolute Gasteiger partial charge is 0.399 e. The summed E-state index contributed by atoms with van der Waals surface area (Å²) in [4.78, 5) is 4.47. The monoisotopic (exact) mass is 303 g/mol. The predicted molar refractivity (Wildman–Crippen MR) is 76.7 cm³/mol. The van der Waals surface area contributed by atoms with E-state index < -0.39 is 5.51 Å². The second-order valence-electron chi connectivity index (χ2n) is 4.47. The fourth-order valence-corrected chi connectivity index (χ4v) is 2.62. The number of nitrogens with zero attached hydrogens (tertiary/aromatic N) is 2. The zero-order chi connectivity index (χ0) is 14.8. The van der Waals surface area contributed by atoms with Crippen LogP contribution in [0, 0.1) is 0 Å². The molecule has 1 aromatic heterocycles. The highest BCUT2D eigenvalue weighted by Crippen LogP contribution is 2.30. The van der Waals surface area contributed by atoms with Gasteiger partial charge >= 0.3 is 5.51 Å². The Hall–Kier alpha value is -1.37. The van der Waals surface area contributed by atoms with Gasteiger partial charge in [-0.2, -0.15) is 13.2 Å². The Morgan fingerprint density at radius 2 is 2.10 bits per heavy atom. The molecule has 0 saturated carbocycles. The summed E-state index contributed by atoms with van der Waals surface area (Å²) in [7, 11) is 0. The lowest BCUT2D eigenvalue weighted by molar-refractivity contribution is -0.0328. The summed E-state index contributed by atoms with van der Waals surface area (Å²) in [6.45, 7) is 2.31. The molecule has 2 N–H and O–H groups in total. The first-order valence-electron chi connectivity index (χ1n) is 6.36. The van der Waals surface area contributed by atoms with Gasteiger partial charge < -0.3 is 10.3 Å². The number of imidazole rings is 1. The van der Waals surface area contributed by atoms with Crippen molar-refractivity contribution in [1.29, 1.82) is 0 Å². The van der Waals surface area contributed by atoms with Crippen molar-refractivity contribution in [1.82, 2.24) is 9.55 Å². The number of nitrogen functional groups attached to an aromatic ring is 1. The fraction of sp³-hybridized carbons (Fsp3) is 0.462. The topological polar surface area (TPSA) is 43.8 Å². The maximum atomic E-state index is 12.2. The standard InChI is InChI=1S/C13H16F3N3S/c1-2-3-12-18-10-8-9(17)4-5-11(10)19(12)6-7-20-13(14,15)16/h4-5,8H,2-3,6-7,17H2,1H3. The average molecular weight is 303 g/mol. The third-order valence-corrected chi connectivity index (χ3v) is 3.62. The number of anilines is 1. The van der Waals surface area contributed by atoms with Crippen molar-refractivity contribution in [3.05, 3.63) is 24.0 Å². The first-order chi connectivity index (χ1) is 9.40. The number of nitrogens with two attached hydrogens (primary N) is 1. The average Bonchev–Trinajstić information content (AvgIpc) is 2.65.